The first-order chi connectivity index (χ1) is 17.5. The third-order valence-corrected chi connectivity index (χ3v) is 8.59. The maximum absolute atomic E-state index is 13.4. The normalized spacial score (nSPS) is 15.1. The Hall–Kier alpha value is -2.10. The van der Waals surface area contributed by atoms with Crippen LogP contribution in [-0.4, -0.2) is 50.0 Å². The van der Waals surface area contributed by atoms with Crippen molar-refractivity contribution >= 4 is 55.1 Å². The predicted molar refractivity (Wildman–Crippen MR) is 152 cm³/mol. The van der Waals surface area contributed by atoms with Crippen molar-refractivity contribution in [2.24, 2.45) is 0 Å². The van der Waals surface area contributed by atoms with E-state index in [1.54, 1.807) is 36.1 Å². The molecule has 1 aliphatic carbocycles. The Balaban J connectivity index is 1.71. The minimum atomic E-state index is -3.57. The molecule has 1 fully saturated rings. The van der Waals surface area contributed by atoms with E-state index in [9.17, 15) is 18.0 Å². The van der Waals surface area contributed by atoms with E-state index >= 15 is 0 Å². The summed E-state index contributed by atoms with van der Waals surface area (Å²) < 4.78 is 27.1. The third kappa shape index (κ3) is 9.00. The standard InChI is InChI=1S/C27H35BrClN3O4S/c1-20(27(34)30-24-9-4-3-5-10-24)31(19-21-13-15-22(28)16-14-21)26(33)12-7-17-32(37(2,35)36)25-11-6-8-23(29)18-25/h6,8,11,13-16,18,20,24H,3-5,7,9-10,12,17,19H2,1-2H3,(H,30,34)/t20-/m0/s1. The lowest BCUT2D eigenvalue weighted by molar-refractivity contribution is -0.141. The molecule has 0 heterocycles. The average molecular weight is 613 g/mol. The summed E-state index contributed by atoms with van der Waals surface area (Å²) in [7, 11) is -3.57. The molecule has 2 aromatic carbocycles. The largest absolute Gasteiger partial charge is 0.352 e. The molecule has 37 heavy (non-hydrogen) atoms. The van der Waals surface area contributed by atoms with Crippen molar-refractivity contribution in [2.75, 3.05) is 17.1 Å². The first-order valence-corrected chi connectivity index (χ1v) is 15.6. The van der Waals surface area contributed by atoms with Gasteiger partial charge in [0.25, 0.3) is 0 Å². The number of benzene rings is 2. The van der Waals surface area contributed by atoms with E-state index in [0.717, 1.165) is 42.0 Å². The highest BCUT2D eigenvalue weighted by Gasteiger charge is 2.28. The quantitative estimate of drug-likeness (QED) is 0.362. The summed E-state index contributed by atoms with van der Waals surface area (Å²) in [4.78, 5) is 28.1. The number of carbonyl (C=O) groups excluding carboxylic acids is 2. The number of halogens is 2. The number of nitrogens with one attached hydrogen (secondary N) is 1. The topological polar surface area (TPSA) is 86.8 Å². The van der Waals surface area contributed by atoms with Gasteiger partial charge < -0.3 is 10.2 Å². The lowest BCUT2D eigenvalue weighted by atomic mass is 9.95. The molecule has 10 heteroatoms. The van der Waals surface area contributed by atoms with E-state index in [0.29, 0.717) is 17.1 Å². The van der Waals surface area contributed by atoms with E-state index in [1.807, 2.05) is 24.3 Å². The second-order valence-corrected chi connectivity index (χ2v) is 12.8. The Morgan fingerprint density at radius 3 is 2.41 bits per heavy atom. The first-order valence-electron chi connectivity index (χ1n) is 12.6. The van der Waals surface area contributed by atoms with Gasteiger partial charge in [-0.2, -0.15) is 0 Å². The van der Waals surface area contributed by atoms with Crippen LogP contribution in [-0.2, 0) is 26.2 Å². The number of amides is 2. The number of carbonyl (C=O) groups is 2. The Labute approximate surface area is 233 Å². The van der Waals surface area contributed by atoms with Gasteiger partial charge in [-0.15, -0.1) is 0 Å². The molecule has 2 aromatic rings. The molecule has 1 aliphatic rings. The van der Waals surface area contributed by atoms with E-state index < -0.39 is 16.1 Å². The van der Waals surface area contributed by atoms with E-state index in [4.69, 9.17) is 11.6 Å². The van der Waals surface area contributed by atoms with Gasteiger partial charge in [0.1, 0.15) is 6.04 Å². The van der Waals surface area contributed by atoms with Crippen LogP contribution in [0.5, 0.6) is 0 Å². The Morgan fingerprint density at radius 2 is 1.78 bits per heavy atom. The van der Waals surface area contributed by atoms with Crippen molar-refractivity contribution in [3.8, 4) is 0 Å². The van der Waals surface area contributed by atoms with Gasteiger partial charge in [-0.1, -0.05) is 65.0 Å². The maximum atomic E-state index is 13.4. The van der Waals surface area contributed by atoms with Gasteiger partial charge in [0.05, 0.1) is 11.9 Å². The number of rotatable bonds is 11. The summed E-state index contributed by atoms with van der Waals surface area (Å²) in [5.41, 5.74) is 1.36. The highest BCUT2D eigenvalue weighted by Crippen LogP contribution is 2.23. The molecule has 0 unspecified atom stereocenters. The molecule has 3 rings (SSSR count). The molecule has 2 amide bonds. The molecule has 0 bridgehead atoms. The predicted octanol–water partition coefficient (Wildman–Crippen LogP) is 5.51. The van der Waals surface area contributed by atoms with Crippen LogP contribution in [0.2, 0.25) is 5.02 Å². The molecule has 0 saturated heterocycles. The highest BCUT2D eigenvalue weighted by atomic mass is 79.9. The van der Waals surface area contributed by atoms with Crippen molar-refractivity contribution in [1.82, 2.24) is 10.2 Å². The summed E-state index contributed by atoms with van der Waals surface area (Å²) in [6.45, 7) is 2.17. The zero-order valence-electron chi connectivity index (χ0n) is 21.3. The number of sulfonamides is 1. The Bertz CT molecular complexity index is 1170. The van der Waals surface area contributed by atoms with Crippen LogP contribution in [0.15, 0.2) is 53.0 Å². The molecule has 0 spiro atoms. The van der Waals surface area contributed by atoms with Gasteiger partial charge >= 0.3 is 0 Å². The van der Waals surface area contributed by atoms with E-state index in [2.05, 4.69) is 21.2 Å². The number of nitrogens with zero attached hydrogens (tertiary/aromatic N) is 2. The molecule has 1 saturated carbocycles. The molecule has 7 nitrogen and oxygen atoms in total. The molecule has 0 aromatic heterocycles. The Morgan fingerprint density at radius 1 is 1.11 bits per heavy atom. The minimum Gasteiger partial charge on any atom is -0.352 e. The second kappa shape index (κ2) is 13.6. The van der Waals surface area contributed by atoms with E-state index in [1.165, 1.54) is 10.7 Å². The van der Waals surface area contributed by atoms with Gasteiger partial charge in [-0.3, -0.25) is 13.9 Å². The molecule has 1 N–H and O–H groups in total. The number of hydrogen-bond donors (Lipinski definition) is 1. The summed E-state index contributed by atoms with van der Waals surface area (Å²) >= 11 is 9.49. The van der Waals surface area contributed by atoms with Crippen LogP contribution in [0.3, 0.4) is 0 Å². The first kappa shape index (κ1) is 29.5. The van der Waals surface area contributed by atoms with Crippen LogP contribution in [0, 0.1) is 0 Å². The van der Waals surface area contributed by atoms with Crippen LogP contribution in [0.25, 0.3) is 0 Å². The zero-order valence-corrected chi connectivity index (χ0v) is 24.5. The fourth-order valence-electron chi connectivity index (χ4n) is 4.57. The fraction of sp³-hybridized carbons (Fsp3) is 0.481. The van der Waals surface area contributed by atoms with Crippen molar-refractivity contribution < 1.29 is 18.0 Å². The molecule has 0 aliphatic heterocycles. The summed E-state index contributed by atoms with van der Waals surface area (Å²) in [5.74, 6) is -0.359. The van der Waals surface area contributed by atoms with Crippen LogP contribution < -0.4 is 9.62 Å². The van der Waals surface area contributed by atoms with Crippen molar-refractivity contribution in [3.05, 3.63) is 63.6 Å². The molecule has 0 radical (unpaired) electrons. The van der Waals surface area contributed by atoms with Gasteiger partial charge in [-0.25, -0.2) is 8.42 Å². The lowest BCUT2D eigenvalue weighted by Gasteiger charge is -2.31. The van der Waals surface area contributed by atoms with Crippen LogP contribution in [0.4, 0.5) is 5.69 Å². The number of anilines is 1. The molecule has 202 valence electrons. The van der Waals surface area contributed by atoms with Crippen LogP contribution in [0.1, 0.15) is 57.4 Å². The highest BCUT2D eigenvalue weighted by molar-refractivity contribution is 9.10. The zero-order chi connectivity index (χ0) is 27.0. The molecular formula is C27H35BrClN3O4S. The smallest absolute Gasteiger partial charge is 0.242 e. The SMILES string of the molecule is C[C@@H](C(=O)NC1CCCCC1)N(Cc1ccc(Br)cc1)C(=O)CCCN(c1cccc(Cl)c1)S(C)(=O)=O. The van der Waals surface area contributed by atoms with Crippen molar-refractivity contribution in [1.29, 1.82) is 0 Å². The Kier molecular flexibility index (Phi) is 10.8. The van der Waals surface area contributed by atoms with Gasteiger partial charge in [0.15, 0.2) is 0 Å². The molecular weight excluding hydrogens is 578 g/mol. The van der Waals surface area contributed by atoms with Crippen LogP contribution >= 0.6 is 27.5 Å². The van der Waals surface area contributed by atoms with Gasteiger partial charge in [0, 0.05) is 35.0 Å². The monoisotopic (exact) mass is 611 g/mol. The summed E-state index contributed by atoms with van der Waals surface area (Å²) in [5, 5.41) is 3.56. The second-order valence-electron chi connectivity index (χ2n) is 9.59. The van der Waals surface area contributed by atoms with Gasteiger partial charge in [-0.05, 0) is 62.1 Å². The lowest BCUT2D eigenvalue weighted by Crippen LogP contribution is -2.50. The summed E-state index contributed by atoms with van der Waals surface area (Å²) in [6, 6.07) is 13.8. The van der Waals surface area contributed by atoms with E-state index in [-0.39, 0.29) is 37.4 Å². The molecule has 1 atom stereocenters. The van der Waals surface area contributed by atoms with Gasteiger partial charge in [0.2, 0.25) is 21.8 Å². The maximum Gasteiger partial charge on any atom is 0.242 e. The average Bonchev–Trinajstić information content (AvgIpc) is 2.85. The van der Waals surface area contributed by atoms with Crippen molar-refractivity contribution in [2.45, 2.75) is 70.5 Å². The third-order valence-electron chi connectivity index (χ3n) is 6.63. The summed E-state index contributed by atoms with van der Waals surface area (Å²) in [6.07, 6.45) is 6.85. The fourth-order valence-corrected chi connectivity index (χ4v) is 5.98. The van der Waals surface area contributed by atoms with Crippen molar-refractivity contribution in [3.63, 3.8) is 0 Å². The number of hydrogen-bond acceptors (Lipinski definition) is 4. The minimum absolute atomic E-state index is 0.101.